The lowest BCUT2D eigenvalue weighted by Gasteiger charge is -2.23. The van der Waals surface area contributed by atoms with E-state index in [0.29, 0.717) is 6.04 Å². The van der Waals surface area contributed by atoms with E-state index in [9.17, 15) is 4.79 Å². The van der Waals surface area contributed by atoms with Crippen molar-refractivity contribution in [3.05, 3.63) is 0 Å². The molecule has 0 fully saturated rings. The molecule has 0 heterocycles. The Balaban J connectivity index is 3.95. The molecule has 0 aliphatic heterocycles. The summed E-state index contributed by atoms with van der Waals surface area (Å²) in [5.41, 5.74) is 0. The van der Waals surface area contributed by atoms with Crippen molar-refractivity contribution >= 4 is 5.91 Å². The number of hydrogen-bond acceptors (Lipinski definition) is 1. The standard InChI is InChI=1S/C8H17NO/c1-6(2)8(10)9(5)7(3)4/h6-7H,1-5H3. The summed E-state index contributed by atoms with van der Waals surface area (Å²) in [6.07, 6.45) is 0. The minimum Gasteiger partial charge on any atom is -0.343 e. The molecule has 0 saturated heterocycles. The summed E-state index contributed by atoms with van der Waals surface area (Å²) in [7, 11) is 1.84. The summed E-state index contributed by atoms with van der Waals surface area (Å²) in [6.45, 7) is 7.86. The van der Waals surface area contributed by atoms with E-state index in [1.54, 1.807) is 4.90 Å². The van der Waals surface area contributed by atoms with Crippen molar-refractivity contribution in [3.8, 4) is 0 Å². The highest BCUT2D eigenvalue weighted by molar-refractivity contribution is 5.78. The molecule has 0 rings (SSSR count). The highest BCUT2D eigenvalue weighted by atomic mass is 16.2. The fourth-order valence-electron chi connectivity index (χ4n) is 0.662. The Hall–Kier alpha value is -0.530. The van der Waals surface area contributed by atoms with Gasteiger partial charge in [-0.1, -0.05) is 13.8 Å². The third-order valence-electron chi connectivity index (χ3n) is 1.62. The van der Waals surface area contributed by atoms with Gasteiger partial charge < -0.3 is 4.90 Å². The van der Waals surface area contributed by atoms with Crippen LogP contribution in [0.3, 0.4) is 0 Å². The van der Waals surface area contributed by atoms with Crippen LogP contribution in [0.2, 0.25) is 0 Å². The van der Waals surface area contributed by atoms with Crippen LogP contribution in [0.25, 0.3) is 0 Å². The number of hydrogen-bond donors (Lipinski definition) is 0. The Morgan fingerprint density at radius 3 is 1.70 bits per heavy atom. The number of carbonyl (C=O) groups excluding carboxylic acids is 1. The lowest BCUT2D eigenvalue weighted by Crippen LogP contribution is -2.35. The number of nitrogens with zero attached hydrogens (tertiary/aromatic N) is 1. The van der Waals surface area contributed by atoms with Gasteiger partial charge in [0.1, 0.15) is 0 Å². The molecular formula is C8H17NO. The molecule has 0 aliphatic carbocycles. The first kappa shape index (κ1) is 9.47. The topological polar surface area (TPSA) is 20.3 Å². The molecule has 0 aromatic heterocycles. The monoisotopic (exact) mass is 143 g/mol. The van der Waals surface area contributed by atoms with Gasteiger partial charge in [0.2, 0.25) is 5.91 Å². The fourth-order valence-corrected chi connectivity index (χ4v) is 0.662. The van der Waals surface area contributed by atoms with E-state index in [1.807, 2.05) is 34.7 Å². The van der Waals surface area contributed by atoms with Gasteiger partial charge in [-0.3, -0.25) is 4.79 Å². The van der Waals surface area contributed by atoms with Crippen LogP contribution >= 0.6 is 0 Å². The average Bonchev–Trinajstić information content (AvgIpc) is 1.84. The van der Waals surface area contributed by atoms with Crippen LogP contribution in [0.4, 0.5) is 0 Å². The molecule has 0 unspecified atom stereocenters. The van der Waals surface area contributed by atoms with E-state index in [-0.39, 0.29) is 11.8 Å². The van der Waals surface area contributed by atoms with Gasteiger partial charge in [0.15, 0.2) is 0 Å². The maximum Gasteiger partial charge on any atom is 0.225 e. The summed E-state index contributed by atoms with van der Waals surface area (Å²) in [5.74, 6) is 0.336. The van der Waals surface area contributed by atoms with E-state index in [0.717, 1.165) is 0 Å². The van der Waals surface area contributed by atoms with E-state index < -0.39 is 0 Å². The third kappa shape index (κ3) is 2.38. The van der Waals surface area contributed by atoms with Crippen LogP contribution in [-0.4, -0.2) is 23.9 Å². The second kappa shape index (κ2) is 3.59. The molecule has 2 nitrogen and oxygen atoms in total. The molecule has 1 amide bonds. The molecule has 60 valence electrons. The smallest absolute Gasteiger partial charge is 0.225 e. The maximum absolute atomic E-state index is 11.2. The van der Waals surface area contributed by atoms with Crippen molar-refractivity contribution < 1.29 is 4.79 Å². The zero-order valence-electron chi connectivity index (χ0n) is 7.51. The summed E-state index contributed by atoms with van der Waals surface area (Å²) in [4.78, 5) is 13.0. The molecule has 0 atom stereocenters. The minimum absolute atomic E-state index is 0.118. The normalized spacial score (nSPS) is 10.7. The highest BCUT2D eigenvalue weighted by Gasteiger charge is 2.14. The molecule has 0 bridgehead atoms. The molecule has 0 radical (unpaired) electrons. The average molecular weight is 143 g/mol. The molecule has 0 saturated carbocycles. The van der Waals surface area contributed by atoms with Gasteiger partial charge in [-0.05, 0) is 13.8 Å². The van der Waals surface area contributed by atoms with E-state index in [4.69, 9.17) is 0 Å². The van der Waals surface area contributed by atoms with Gasteiger partial charge >= 0.3 is 0 Å². The lowest BCUT2D eigenvalue weighted by molar-refractivity contribution is -0.134. The van der Waals surface area contributed by atoms with Crippen molar-refractivity contribution in [2.45, 2.75) is 33.7 Å². The molecule has 0 aromatic rings. The van der Waals surface area contributed by atoms with Gasteiger partial charge in [0.25, 0.3) is 0 Å². The summed E-state index contributed by atoms with van der Waals surface area (Å²) in [6, 6.07) is 0.315. The second-order valence-corrected chi connectivity index (χ2v) is 3.20. The van der Waals surface area contributed by atoms with Crippen LogP contribution in [0.15, 0.2) is 0 Å². The maximum atomic E-state index is 11.2. The quantitative estimate of drug-likeness (QED) is 0.573. The Morgan fingerprint density at radius 1 is 1.20 bits per heavy atom. The van der Waals surface area contributed by atoms with Crippen LogP contribution < -0.4 is 0 Å². The third-order valence-corrected chi connectivity index (χ3v) is 1.62. The molecule has 0 aromatic carbocycles. The molecule has 0 aliphatic rings. The number of rotatable bonds is 2. The van der Waals surface area contributed by atoms with Gasteiger partial charge in [-0.25, -0.2) is 0 Å². The fraction of sp³-hybridized carbons (Fsp3) is 0.875. The predicted molar refractivity (Wildman–Crippen MR) is 42.7 cm³/mol. The first-order valence-electron chi connectivity index (χ1n) is 3.73. The van der Waals surface area contributed by atoms with Crippen LogP contribution in [-0.2, 0) is 4.79 Å². The lowest BCUT2D eigenvalue weighted by atomic mass is 10.2. The van der Waals surface area contributed by atoms with Crippen molar-refractivity contribution in [1.29, 1.82) is 0 Å². The highest BCUT2D eigenvalue weighted by Crippen LogP contribution is 2.02. The van der Waals surface area contributed by atoms with E-state index in [1.165, 1.54) is 0 Å². The Bertz CT molecular complexity index is 118. The van der Waals surface area contributed by atoms with E-state index >= 15 is 0 Å². The van der Waals surface area contributed by atoms with Gasteiger partial charge in [0, 0.05) is 19.0 Å². The predicted octanol–water partition coefficient (Wildman–Crippen LogP) is 1.51. The zero-order chi connectivity index (χ0) is 8.31. The van der Waals surface area contributed by atoms with Gasteiger partial charge in [-0.15, -0.1) is 0 Å². The minimum atomic E-state index is 0.118. The SMILES string of the molecule is CC(C)C(=O)N(C)C(C)C. The molecular weight excluding hydrogens is 126 g/mol. The van der Waals surface area contributed by atoms with Crippen LogP contribution in [0, 0.1) is 5.92 Å². The van der Waals surface area contributed by atoms with Crippen LogP contribution in [0.1, 0.15) is 27.7 Å². The van der Waals surface area contributed by atoms with Crippen molar-refractivity contribution in [2.75, 3.05) is 7.05 Å². The van der Waals surface area contributed by atoms with E-state index in [2.05, 4.69) is 0 Å². The molecule has 2 heteroatoms. The molecule has 10 heavy (non-hydrogen) atoms. The van der Waals surface area contributed by atoms with Crippen LogP contribution in [0.5, 0.6) is 0 Å². The van der Waals surface area contributed by atoms with Gasteiger partial charge in [-0.2, -0.15) is 0 Å². The molecule has 0 spiro atoms. The summed E-state index contributed by atoms with van der Waals surface area (Å²) in [5, 5.41) is 0. The first-order chi connectivity index (χ1) is 4.46. The second-order valence-electron chi connectivity index (χ2n) is 3.20. The summed E-state index contributed by atoms with van der Waals surface area (Å²) >= 11 is 0. The molecule has 0 N–H and O–H groups in total. The van der Waals surface area contributed by atoms with Gasteiger partial charge in [0.05, 0.1) is 0 Å². The number of carbonyl (C=O) groups is 1. The number of amides is 1. The van der Waals surface area contributed by atoms with Crippen molar-refractivity contribution in [2.24, 2.45) is 5.92 Å². The van der Waals surface area contributed by atoms with Crippen molar-refractivity contribution in [1.82, 2.24) is 4.90 Å². The Morgan fingerprint density at radius 2 is 1.60 bits per heavy atom. The Kier molecular flexibility index (Phi) is 3.40. The largest absolute Gasteiger partial charge is 0.343 e. The zero-order valence-corrected chi connectivity index (χ0v) is 7.51. The van der Waals surface area contributed by atoms with Crippen molar-refractivity contribution in [3.63, 3.8) is 0 Å². The Labute approximate surface area is 63.2 Å². The first-order valence-corrected chi connectivity index (χ1v) is 3.73. The summed E-state index contributed by atoms with van der Waals surface area (Å²) < 4.78 is 0.